The molecule has 0 saturated heterocycles. The first-order valence-electron chi connectivity index (χ1n) is 5.33. The molecule has 1 unspecified atom stereocenters. The summed E-state index contributed by atoms with van der Waals surface area (Å²) >= 11 is 3.19. The van der Waals surface area contributed by atoms with Crippen molar-refractivity contribution >= 4 is 29.1 Å². The molecule has 0 bridgehead atoms. The van der Waals surface area contributed by atoms with Crippen LogP contribution in [0.2, 0.25) is 0 Å². The maximum atomic E-state index is 11.0. The number of aromatic nitrogens is 2. The van der Waals surface area contributed by atoms with Crippen LogP contribution in [0.1, 0.15) is 24.8 Å². The summed E-state index contributed by atoms with van der Waals surface area (Å²) in [6, 6.07) is 0. The average molecular weight is 275 g/mol. The number of nitrogens with zero attached hydrogens (tertiary/aromatic N) is 2. The molecule has 5 nitrogen and oxygen atoms in total. The highest BCUT2D eigenvalue weighted by Crippen LogP contribution is 2.24. The summed E-state index contributed by atoms with van der Waals surface area (Å²) in [7, 11) is 1.68. The van der Waals surface area contributed by atoms with E-state index in [-0.39, 0.29) is 0 Å². The Bertz CT molecular complexity index is 383. The van der Waals surface area contributed by atoms with Gasteiger partial charge in [0.1, 0.15) is 10.5 Å². The van der Waals surface area contributed by atoms with E-state index in [9.17, 15) is 4.79 Å². The molecule has 1 aromatic heterocycles. The maximum Gasteiger partial charge on any atom is 0.323 e. The van der Waals surface area contributed by atoms with Crippen LogP contribution >= 0.6 is 23.1 Å². The lowest BCUT2D eigenvalue weighted by Gasteiger charge is -2.23. The molecular formula is C10H17N3O2S2. The minimum Gasteiger partial charge on any atom is -0.480 e. The van der Waals surface area contributed by atoms with Crippen LogP contribution in [-0.4, -0.2) is 39.6 Å². The van der Waals surface area contributed by atoms with Gasteiger partial charge in [0, 0.05) is 5.75 Å². The smallest absolute Gasteiger partial charge is 0.323 e. The van der Waals surface area contributed by atoms with Crippen LogP contribution in [0, 0.1) is 6.92 Å². The van der Waals surface area contributed by atoms with Crippen molar-refractivity contribution in [2.75, 3.05) is 12.8 Å². The Morgan fingerprint density at radius 2 is 2.29 bits per heavy atom. The van der Waals surface area contributed by atoms with E-state index in [4.69, 9.17) is 5.11 Å². The summed E-state index contributed by atoms with van der Waals surface area (Å²) in [6.07, 6.45) is 1.43. The zero-order valence-electron chi connectivity index (χ0n) is 10.2. The summed E-state index contributed by atoms with van der Waals surface area (Å²) in [4.78, 5) is 11.0. The number of thioether (sulfide) groups is 1. The molecule has 0 saturated carbocycles. The second-order valence-electron chi connectivity index (χ2n) is 3.93. The Balaban J connectivity index is 2.30. The zero-order chi connectivity index (χ0) is 12.9. The highest BCUT2D eigenvalue weighted by Gasteiger charge is 2.30. The van der Waals surface area contributed by atoms with E-state index in [0.717, 1.165) is 21.5 Å². The van der Waals surface area contributed by atoms with Crippen molar-refractivity contribution in [1.82, 2.24) is 15.5 Å². The number of hydrogen-bond donors (Lipinski definition) is 2. The molecule has 0 fully saturated rings. The third-order valence-corrected chi connectivity index (χ3v) is 4.64. The molecule has 1 heterocycles. The quantitative estimate of drug-likeness (QED) is 0.583. The van der Waals surface area contributed by atoms with Crippen molar-refractivity contribution < 1.29 is 9.90 Å². The molecule has 1 rings (SSSR count). The molecule has 7 heteroatoms. The number of likely N-dealkylation sites (N-methyl/N-ethyl adjacent to an activating group) is 1. The number of carbonyl (C=O) groups is 1. The average Bonchev–Trinajstić information content (AvgIpc) is 2.70. The Labute approximate surface area is 109 Å². The minimum absolute atomic E-state index is 0.601. The van der Waals surface area contributed by atoms with Crippen LogP contribution in [-0.2, 0) is 4.79 Å². The summed E-state index contributed by atoms with van der Waals surface area (Å²) in [5.41, 5.74) is -0.836. The molecule has 17 heavy (non-hydrogen) atoms. The zero-order valence-corrected chi connectivity index (χ0v) is 11.8. The molecule has 0 radical (unpaired) electrons. The number of carboxylic acid groups (broad SMARTS) is 1. The molecule has 1 aromatic rings. The third kappa shape index (κ3) is 4.25. The number of aryl methyl sites for hydroxylation is 1. The van der Waals surface area contributed by atoms with Gasteiger partial charge in [-0.05, 0) is 33.7 Å². The SMILES string of the molecule is CNC(C)(CCCSc1nnc(C)s1)C(=O)O. The van der Waals surface area contributed by atoms with Gasteiger partial charge in [0.2, 0.25) is 0 Å². The van der Waals surface area contributed by atoms with Crippen molar-refractivity contribution in [2.45, 2.75) is 36.6 Å². The van der Waals surface area contributed by atoms with Crippen molar-refractivity contribution in [2.24, 2.45) is 0 Å². The number of hydrogen-bond acceptors (Lipinski definition) is 6. The molecule has 0 aromatic carbocycles. The van der Waals surface area contributed by atoms with Gasteiger partial charge in [-0.2, -0.15) is 0 Å². The van der Waals surface area contributed by atoms with E-state index in [1.807, 2.05) is 6.92 Å². The van der Waals surface area contributed by atoms with Crippen LogP contribution < -0.4 is 5.32 Å². The first-order valence-corrected chi connectivity index (χ1v) is 7.13. The lowest BCUT2D eigenvalue weighted by Crippen LogP contribution is -2.47. The van der Waals surface area contributed by atoms with Gasteiger partial charge >= 0.3 is 5.97 Å². The summed E-state index contributed by atoms with van der Waals surface area (Å²) in [5.74, 6) is 0.0517. The second-order valence-corrected chi connectivity index (χ2v) is 6.45. The standard InChI is InChI=1S/C10H17N3O2S2/c1-7-12-13-9(17-7)16-6-4-5-10(2,11-3)8(14)15/h11H,4-6H2,1-3H3,(H,14,15). The third-order valence-electron chi connectivity index (χ3n) is 2.58. The molecular weight excluding hydrogens is 258 g/mol. The Morgan fingerprint density at radius 1 is 1.59 bits per heavy atom. The molecule has 0 spiro atoms. The van der Waals surface area contributed by atoms with Crippen LogP contribution in [0.3, 0.4) is 0 Å². The largest absolute Gasteiger partial charge is 0.480 e. The van der Waals surface area contributed by atoms with E-state index in [2.05, 4.69) is 15.5 Å². The second kappa shape index (κ2) is 6.32. The number of nitrogens with one attached hydrogen (secondary N) is 1. The van der Waals surface area contributed by atoms with Gasteiger partial charge < -0.3 is 10.4 Å². The van der Waals surface area contributed by atoms with E-state index in [0.29, 0.717) is 6.42 Å². The predicted molar refractivity (Wildman–Crippen MR) is 69.7 cm³/mol. The first kappa shape index (κ1) is 14.4. The summed E-state index contributed by atoms with van der Waals surface area (Å²) in [5, 5.41) is 20.8. The first-order chi connectivity index (χ1) is 7.98. The molecule has 96 valence electrons. The molecule has 1 atom stereocenters. The van der Waals surface area contributed by atoms with Gasteiger partial charge in [-0.1, -0.05) is 23.1 Å². The Morgan fingerprint density at radius 3 is 2.76 bits per heavy atom. The van der Waals surface area contributed by atoms with Gasteiger partial charge in [0.25, 0.3) is 0 Å². The van der Waals surface area contributed by atoms with Crippen LogP contribution in [0.25, 0.3) is 0 Å². The monoisotopic (exact) mass is 275 g/mol. The lowest BCUT2D eigenvalue weighted by molar-refractivity contribution is -0.144. The fourth-order valence-corrected chi connectivity index (χ4v) is 3.09. The van der Waals surface area contributed by atoms with Crippen molar-refractivity contribution in [3.8, 4) is 0 Å². The van der Waals surface area contributed by atoms with E-state index < -0.39 is 11.5 Å². The van der Waals surface area contributed by atoms with Gasteiger partial charge in [-0.3, -0.25) is 4.79 Å². The lowest BCUT2D eigenvalue weighted by atomic mass is 9.97. The molecule has 2 N–H and O–H groups in total. The van der Waals surface area contributed by atoms with Gasteiger partial charge in [-0.25, -0.2) is 0 Å². The van der Waals surface area contributed by atoms with Crippen LogP contribution in [0.4, 0.5) is 0 Å². The van der Waals surface area contributed by atoms with E-state index >= 15 is 0 Å². The number of aliphatic carboxylic acids is 1. The van der Waals surface area contributed by atoms with Crippen molar-refractivity contribution in [1.29, 1.82) is 0 Å². The highest BCUT2D eigenvalue weighted by atomic mass is 32.2. The van der Waals surface area contributed by atoms with Crippen LogP contribution in [0.15, 0.2) is 4.34 Å². The normalized spacial score (nSPS) is 14.5. The van der Waals surface area contributed by atoms with Gasteiger partial charge in [-0.15, -0.1) is 10.2 Å². The Kier molecular flexibility index (Phi) is 5.35. The number of carboxylic acids is 1. The Hall–Kier alpha value is -0.660. The van der Waals surface area contributed by atoms with Crippen molar-refractivity contribution in [3.05, 3.63) is 5.01 Å². The van der Waals surface area contributed by atoms with Crippen LogP contribution in [0.5, 0.6) is 0 Å². The van der Waals surface area contributed by atoms with E-state index in [1.165, 1.54) is 0 Å². The van der Waals surface area contributed by atoms with E-state index in [1.54, 1.807) is 37.1 Å². The van der Waals surface area contributed by atoms with Gasteiger partial charge in [0.15, 0.2) is 4.34 Å². The topological polar surface area (TPSA) is 75.1 Å². The summed E-state index contributed by atoms with van der Waals surface area (Å²) in [6.45, 7) is 3.62. The fourth-order valence-electron chi connectivity index (χ4n) is 1.26. The molecule has 0 aliphatic heterocycles. The van der Waals surface area contributed by atoms with Gasteiger partial charge in [0.05, 0.1) is 0 Å². The maximum absolute atomic E-state index is 11.0. The fraction of sp³-hybridized carbons (Fsp3) is 0.700. The highest BCUT2D eigenvalue weighted by molar-refractivity contribution is 8.01. The predicted octanol–water partition coefficient (Wildman–Crippen LogP) is 1.78. The summed E-state index contributed by atoms with van der Waals surface area (Å²) < 4.78 is 0.948. The number of rotatable bonds is 7. The molecule has 0 aliphatic rings. The molecule has 0 amide bonds. The minimum atomic E-state index is -0.836. The van der Waals surface area contributed by atoms with Crippen molar-refractivity contribution in [3.63, 3.8) is 0 Å². The molecule has 0 aliphatic carbocycles.